The Morgan fingerprint density at radius 3 is 2.19 bits per heavy atom. The fraction of sp³-hybridized carbons (Fsp3) is 0.250. The monoisotopic (exact) mass is 294 g/mol. The van der Waals surface area contributed by atoms with E-state index in [-0.39, 0.29) is 12.2 Å². The van der Waals surface area contributed by atoms with Crippen molar-refractivity contribution in [2.75, 3.05) is 19.0 Å². The summed E-state index contributed by atoms with van der Waals surface area (Å²) < 4.78 is 41.8. The summed E-state index contributed by atoms with van der Waals surface area (Å²) in [4.78, 5) is 1.37. The van der Waals surface area contributed by atoms with Gasteiger partial charge in [0.25, 0.3) is 0 Å². The van der Waals surface area contributed by atoms with Crippen LogP contribution in [0.4, 0.5) is 18.9 Å². The molecule has 0 heterocycles. The van der Waals surface area contributed by atoms with E-state index in [0.29, 0.717) is 17.7 Å². The Morgan fingerprint density at radius 1 is 1.00 bits per heavy atom. The van der Waals surface area contributed by atoms with Crippen LogP contribution in [0.1, 0.15) is 11.1 Å². The second-order valence-corrected chi connectivity index (χ2v) is 4.89. The van der Waals surface area contributed by atoms with Crippen LogP contribution in [0, 0.1) is 17.5 Å². The number of hydrogen-bond acceptors (Lipinski definition) is 2. The van der Waals surface area contributed by atoms with Crippen LogP contribution in [0.25, 0.3) is 0 Å². The van der Waals surface area contributed by atoms with E-state index in [9.17, 15) is 13.2 Å². The Morgan fingerprint density at radius 2 is 1.62 bits per heavy atom. The second kappa shape index (κ2) is 6.63. The summed E-state index contributed by atoms with van der Waals surface area (Å²) in [6, 6.07) is 8.75. The van der Waals surface area contributed by atoms with Crippen molar-refractivity contribution in [3.8, 4) is 0 Å². The lowest BCUT2D eigenvalue weighted by atomic mass is 10.1. The van der Waals surface area contributed by atoms with Crippen molar-refractivity contribution in [1.29, 1.82) is 0 Å². The average Bonchev–Trinajstić information content (AvgIpc) is 2.41. The Bertz CT molecular complexity index is 606. The van der Waals surface area contributed by atoms with Crippen LogP contribution < -0.4 is 10.2 Å². The molecular formula is C16H17F3N2. The van der Waals surface area contributed by atoms with Gasteiger partial charge in [-0.2, -0.15) is 0 Å². The second-order valence-electron chi connectivity index (χ2n) is 4.89. The summed E-state index contributed by atoms with van der Waals surface area (Å²) in [6.07, 6.45) is 0. The molecule has 112 valence electrons. The summed E-state index contributed by atoms with van der Waals surface area (Å²) in [5.74, 6) is -1.70. The van der Waals surface area contributed by atoms with Crippen molar-refractivity contribution in [2.24, 2.45) is 0 Å². The molecule has 0 aliphatic carbocycles. The first-order valence-corrected chi connectivity index (χ1v) is 6.60. The zero-order chi connectivity index (χ0) is 15.4. The first-order valence-electron chi connectivity index (χ1n) is 6.60. The topological polar surface area (TPSA) is 15.3 Å². The van der Waals surface area contributed by atoms with E-state index >= 15 is 0 Å². The third kappa shape index (κ3) is 3.55. The molecule has 0 atom stereocenters. The molecule has 21 heavy (non-hydrogen) atoms. The maximum atomic E-state index is 14.1. The lowest BCUT2D eigenvalue weighted by Gasteiger charge is -2.21. The van der Waals surface area contributed by atoms with Crippen LogP contribution >= 0.6 is 0 Å². The first kappa shape index (κ1) is 15.4. The van der Waals surface area contributed by atoms with Crippen molar-refractivity contribution < 1.29 is 13.2 Å². The molecule has 0 saturated heterocycles. The summed E-state index contributed by atoms with van der Waals surface area (Å²) in [6.45, 7) is 0.469. The molecule has 0 aromatic heterocycles. The highest BCUT2D eigenvalue weighted by Gasteiger charge is 2.16. The molecule has 0 aliphatic heterocycles. The van der Waals surface area contributed by atoms with E-state index < -0.39 is 17.5 Å². The van der Waals surface area contributed by atoms with E-state index in [4.69, 9.17) is 0 Å². The molecule has 2 aromatic rings. The van der Waals surface area contributed by atoms with E-state index in [0.717, 1.165) is 0 Å². The van der Waals surface area contributed by atoms with Crippen LogP contribution in [0.3, 0.4) is 0 Å². The predicted octanol–water partition coefficient (Wildman–Crippen LogP) is 3.46. The number of rotatable bonds is 5. The van der Waals surface area contributed by atoms with E-state index in [1.54, 1.807) is 25.2 Å². The van der Waals surface area contributed by atoms with Gasteiger partial charge in [-0.15, -0.1) is 0 Å². The van der Waals surface area contributed by atoms with Gasteiger partial charge in [-0.05, 0) is 30.8 Å². The summed E-state index contributed by atoms with van der Waals surface area (Å²) in [5.41, 5.74) is 0.756. The van der Waals surface area contributed by atoms with Crippen molar-refractivity contribution in [2.45, 2.75) is 13.1 Å². The first-order chi connectivity index (χ1) is 10.0. The van der Waals surface area contributed by atoms with Crippen molar-refractivity contribution in [1.82, 2.24) is 5.32 Å². The highest BCUT2D eigenvalue weighted by molar-refractivity contribution is 5.50. The van der Waals surface area contributed by atoms with Gasteiger partial charge in [-0.1, -0.05) is 18.2 Å². The van der Waals surface area contributed by atoms with Gasteiger partial charge in [0.1, 0.15) is 23.1 Å². The number of benzene rings is 2. The van der Waals surface area contributed by atoms with Crippen LogP contribution in [0.15, 0.2) is 36.4 Å². The molecule has 0 aliphatic rings. The smallest absolute Gasteiger partial charge is 0.149 e. The van der Waals surface area contributed by atoms with E-state index in [1.165, 1.54) is 30.1 Å². The van der Waals surface area contributed by atoms with Crippen molar-refractivity contribution in [3.63, 3.8) is 0 Å². The third-order valence-corrected chi connectivity index (χ3v) is 3.20. The largest absolute Gasteiger partial charge is 0.365 e. The van der Waals surface area contributed by atoms with E-state index in [1.807, 2.05) is 0 Å². The molecule has 1 N–H and O–H groups in total. The molecule has 0 saturated carbocycles. The van der Waals surface area contributed by atoms with Crippen LogP contribution in [0.5, 0.6) is 0 Å². The van der Waals surface area contributed by atoms with Crippen LogP contribution in [0.2, 0.25) is 0 Å². The van der Waals surface area contributed by atoms with Crippen molar-refractivity contribution in [3.05, 3.63) is 65.0 Å². The standard InChI is InChI=1S/C16H17F3N2/c1-20-9-11-7-14(18)16(15(19)8-11)21(2)10-12-5-3-4-6-13(12)17/h3-8,20H,9-10H2,1-2H3. The number of nitrogens with zero attached hydrogens (tertiary/aromatic N) is 1. The minimum Gasteiger partial charge on any atom is -0.365 e. The Balaban J connectivity index is 2.27. The normalized spacial score (nSPS) is 10.7. The van der Waals surface area contributed by atoms with Gasteiger partial charge in [-0.3, -0.25) is 0 Å². The van der Waals surface area contributed by atoms with E-state index in [2.05, 4.69) is 5.32 Å². The fourth-order valence-electron chi connectivity index (χ4n) is 2.25. The molecule has 0 spiro atoms. The van der Waals surface area contributed by atoms with Crippen molar-refractivity contribution >= 4 is 5.69 Å². The van der Waals surface area contributed by atoms with Gasteiger partial charge < -0.3 is 10.2 Å². The Hall–Kier alpha value is -2.01. The lowest BCUT2D eigenvalue weighted by molar-refractivity contribution is 0.566. The van der Waals surface area contributed by atoms with Crippen LogP contribution in [-0.4, -0.2) is 14.1 Å². The number of halogens is 3. The van der Waals surface area contributed by atoms with Gasteiger partial charge in [0.2, 0.25) is 0 Å². The molecule has 5 heteroatoms. The van der Waals surface area contributed by atoms with Gasteiger partial charge >= 0.3 is 0 Å². The Labute approximate surface area is 122 Å². The fourth-order valence-corrected chi connectivity index (χ4v) is 2.25. The molecule has 2 nitrogen and oxygen atoms in total. The molecule has 0 bridgehead atoms. The molecule has 0 unspecified atom stereocenters. The summed E-state index contributed by atoms with van der Waals surface area (Å²) >= 11 is 0. The SMILES string of the molecule is CNCc1cc(F)c(N(C)Cc2ccccc2F)c(F)c1. The minimum atomic E-state index is -0.654. The number of anilines is 1. The zero-order valence-electron chi connectivity index (χ0n) is 12.0. The zero-order valence-corrected chi connectivity index (χ0v) is 12.0. The van der Waals surface area contributed by atoms with Crippen LogP contribution in [-0.2, 0) is 13.1 Å². The highest BCUT2D eigenvalue weighted by atomic mass is 19.1. The summed E-state index contributed by atoms with van der Waals surface area (Å²) in [7, 11) is 3.24. The number of hydrogen-bond donors (Lipinski definition) is 1. The molecule has 0 fully saturated rings. The predicted molar refractivity (Wildman–Crippen MR) is 77.6 cm³/mol. The summed E-state index contributed by atoms with van der Waals surface area (Å²) in [5, 5.41) is 2.84. The van der Waals surface area contributed by atoms with Gasteiger partial charge in [0.15, 0.2) is 0 Å². The van der Waals surface area contributed by atoms with Gasteiger partial charge in [-0.25, -0.2) is 13.2 Å². The maximum Gasteiger partial charge on any atom is 0.149 e. The number of nitrogens with one attached hydrogen (secondary N) is 1. The third-order valence-electron chi connectivity index (χ3n) is 3.20. The average molecular weight is 294 g/mol. The minimum absolute atomic E-state index is 0.0892. The van der Waals surface area contributed by atoms with Gasteiger partial charge in [0, 0.05) is 25.7 Å². The molecular weight excluding hydrogens is 277 g/mol. The Kier molecular flexibility index (Phi) is 4.85. The molecule has 0 amide bonds. The quantitative estimate of drug-likeness (QED) is 0.908. The maximum absolute atomic E-state index is 14.1. The van der Waals surface area contributed by atoms with Gasteiger partial charge in [0.05, 0.1) is 0 Å². The molecule has 2 rings (SSSR count). The molecule has 2 aromatic carbocycles. The molecule has 0 radical (unpaired) electrons. The highest BCUT2D eigenvalue weighted by Crippen LogP contribution is 2.26. The lowest BCUT2D eigenvalue weighted by Crippen LogP contribution is -2.20.